The minimum atomic E-state index is -1.89. The highest BCUT2D eigenvalue weighted by Gasteiger charge is 2.41. The predicted molar refractivity (Wildman–Crippen MR) is 114 cm³/mol. The quantitative estimate of drug-likeness (QED) is 0.336. The summed E-state index contributed by atoms with van der Waals surface area (Å²) in [5.74, 6) is -2.10. The number of halogens is 3. The van der Waals surface area contributed by atoms with Gasteiger partial charge < -0.3 is 26.0 Å². The fourth-order valence-corrected chi connectivity index (χ4v) is 4.19. The summed E-state index contributed by atoms with van der Waals surface area (Å²) in [7, 11) is 0. The van der Waals surface area contributed by atoms with Gasteiger partial charge in [-0.15, -0.1) is 0 Å². The molecule has 1 aliphatic heterocycles. The third kappa shape index (κ3) is 4.19. The largest absolute Gasteiger partial charge is 0.482 e. The molecular weight excluding hydrogens is 448 g/mol. The van der Waals surface area contributed by atoms with E-state index >= 15 is 0 Å². The van der Waals surface area contributed by atoms with E-state index < -0.39 is 23.8 Å². The highest BCUT2D eigenvalue weighted by atomic mass is 35.5. The number of benzene rings is 1. The Bertz CT molecular complexity index is 1120. The first kappa shape index (κ1) is 21.8. The Hall–Kier alpha value is -2.43. The van der Waals surface area contributed by atoms with E-state index in [0.717, 1.165) is 0 Å². The molecule has 11 heteroatoms. The van der Waals surface area contributed by atoms with E-state index in [1.807, 2.05) is 0 Å². The lowest BCUT2D eigenvalue weighted by molar-refractivity contribution is -0.169. The van der Waals surface area contributed by atoms with E-state index in [1.54, 1.807) is 31.6 Å². The van der Waals surface area contributed by atoms with Gasteiger partial charge in [0.1, 0.15) is 18.0 Å². The van der Waals surface area contributed by atoms with Gasteiger partial charge in [-0.1, -0.05) is 23.2 Å². The molecule has 1 fully saturated rings. The number of aromatic nitrogens is 3. The second kappa shape index (κ2) is 8.25. The van der Waals surface area contributed by atoms with E-state index in [1.165, 1.54) is 16.8 Å². The van der Waals surface area contributed by atoms with Gasteiger partial charge in [0.15, 0.2) is 17.4 Å². The molecule has 0 saturated carbocycles. The maximum atomic E-state index is 13.9. The van der Waals surface area contributed by atoms with Crippen molar-refractivity contribution >= 4 is 29.0 Å². The molecule has 2 atom stereocenters. The van der Waals surface area contributed by atoms with Crippen molar-refractivity contribution in [1.82, 2.24) is 20.1 Å². The molecule has 0 radical (unpaired) electrons. The fourth-order valence-electron chi connectivity index (χ4n) is 3.51. The summed E-state index contributed by atoms with van der Waals surface area (Å²) in [5.41, 5.74) is 7.59. The van der Waals surface area contributed by atoms with Crippen molar-refractivity contribution in [1.29, 1.82) is 0 Å². The van der Waals surface area contributed by atoms with Crippen LogP contribution in [0.3, 0.4) is 0 Å². The van der Waals surface area contributed by atoms with Gasteiger partial charge in [-0.05, 0) is 25.1 Å². The number of pyridine rings is 1. The summed E-state index contributed by atoms with van der Waals surface area (Å²) < 4.78 is 21.3. The molecule has 5 N–H and O–H groups in total. The summed E-state index contributed by atoms with van der Waals surface area (Å²) in [6, 6.07) is 3.63. The van der Waals surface area contributed by atoms with Crippen LogP contribution < -0.4 is 15.8 Å². The van der Waals surface area contributed by atoms with Gasteiger partial charge in [0, 0.05) is 40.7 Å². The van der Waals surface area contributed by atoms with Gasteiger partial charge >= 0.3 is 0 Å². The van der Waals surface area contributed by atoms with E-state index in [4.69, 9.17) is 33.7 Å². The Morgan fingerprint density at radius 1 is 1.32 bits per heavy atom. The molecule has 3 heterocycles. The Morgan fingerprint density at radius 2 is 2.10 bits per heavy atom. The van der Waals surface area contributed by atoms with Crippen molar-refractivity contribution in [3.05, 3.63) is 58.2 Å². The number of nitrogen functional groups attached to an aromatic ring is 1. The van der Waals surface area contributed by atoms with Crippen LogP contribution in [0.4, 0.5) is 10.2 Å². The molecule has 2 aromatic heterocycles. The molecular formula is C20H20Cl2FN5O3. The van der Waals surface area contributed by atoms with Crippen molar-refractivity contribution in [2.24, 2.45) is 0 Å². The highest BCUT2D eigenvalue weighted by molar-refractivity contribution is 6.36. The summed E-state index contributed by atoms with van der Waals surface area (Å²) in [6.07, 6.45) is 4.11. The highest BCUT2D eigenvalue weighted by Crippen LogP contribution is 2.37. The van der Waals surface area contributed by atoms with Crippen molar-refractivity contribution in [2.75, 3.05) is 18.8 Å². The van der Waals surface area contributed by atoms with E-state index in [2.05, 4.69) is 15.4 Å². The second-order valence-electron chi connectivity index (χ2n) is 7.36. The van der Waals surface area contributed by atoms with Crippen LogP contribution in [-0.4, -0.2) is 43.9 Å². The smallest absolute Gasteiger partial charge is 0.199 e. The molecule has 0 spiro atoms. The maximum Gasteiger partial charge on any atom is 0.199 e. The van der Waals surface area contributed by atoms with Crippen LogP contribution >= 0.6 is 23.2 Å². The van der Waals surface area contributed by atoms with Crippen LogP contribution in [0, 0.1) is 5.82 Å². The molecule has 0 amide bonds. The first-order valence-electron chi connectivity index (χ1n) is 9.43. The minimum Gasteiger partial charge on any atom is -0.482 e. The third-order valence-electron chi connectivity index (χ3n) is 5.18. The van der Waals surface area contributed by atoms with Crippen LogP contribution in [0.2, 0.25) is 10.0 Å². The van der Waals surface area contributed by atoms with Gasteiger partial charge in [-0.2, -0.15) is 5.10 Å². The topological polar surface area (TPSA) is 118 Å². The monoisotopic (exact) mass is 467 g/mol. The average Bonchev–Trinajstić information content (AvgIpc) is 3.32. The van der Waals surface area contributed by atoms with Crippen LogP contribution in [0.5, 0.6) is 5.75 Å². The third-order valence-corrected chi connectivity index (χ3v) is 5.90. The van der Waals surface area contributed by atoms with Crippen molar-refractivity contribution in [3.8, 4) is 16.9 Å². The number of ether oxygens (including phenoxy) is 1. The van der Waals surface area contributed by atoms with Gasteiger partial charge in [0.05, 0.1) is 17.8 Å². The van der Waals surface area contributed by atoms with Crippen LogP contribution in [-0.2, 0) is 0 Å². The molecule has 1 aromatic carbocycles. The Morgan fingerprint density at radius 3 is 2.81 bits per heavy atom. The van der Waals surface area contributed by atoms with Crippen LogP contribution in [0.25, 0.3) is 11.1 Å². The lowest BCUT2D eigenvalue weighted by atomic mass is 10.1. The molecule has 1 saturated heterocycles. The first-order valence-corrected chi connectivity index (χ1v) is 10.2. The summed E-state index contributed by atoms with van der Waals surface area (Å²) in [5, 5.41) is 27.5. The number of nitrogens with zero attached hydrogens (tertiary/aromatic N) is 3. The van der Waals surface area contributed by atoms with Gasteiger partial charge in [0.25, 0.3) is 0 Å². The number of aliphatic hydroxyl groups is 2. The van der Waals surface area contributed by atoms with Gasteiger partial charge in [0.2, 0.25) is 0 Å². The number of hydrogen-bond donors (Lipinski definition) is 4. The van der Waals surface area contributed by atoms with E-state index in [0.29, 0.717) is 23.2 Å². The summed E-state index contributed by atoms with van der Waals surface area (Å²) in [6.45, 7) is 2.10. The molecule has 3 aromatic rings. The molecule has 2 unspecified atom stereocenters. The van der Waals surface area contributed by atoms with Gasteiger partial charge in [-0.25, -0.2) is 9.37 Å². The number of β-amino-alcohol motifs (C(OH)–C–C–N with tert-alkyl or cyclic N) is 2. The molecule has 31 heavy (non-hydrogen) atoms. The zero-order chi connectivity index (χ0) is 22.3. The molecule has 8 nitrogen and oxygen atoms in total. The summed E-state index contributed by atoms with van der Waals surface area (Å²) >= 11 is 12.3. The fraction of sp³-hybridized carbons (Fsp3) is 0.300. The zero-order valence-corrected chi connectivity index (χ0v) is 17.9. The molecule has 164 valence electrons. The van der Waals surface area contributed by atoms with Gasteiger partial charge in [-0.3, -0.25) is 4.68 Å². The standard InChI is InChI=1S/C20H20Cl2FN5O3/c1-10(17-13(21)2-3-14(23)18(17)22)31-15-4-11(5-26-19(15)24)12-6-27-28(8-12)16-7-25-9-20(16,29)30/h2-6,8,10,16,25,29-30H,7,9H2,1H3,(H2,24,26). The molecule has 0 aliphatic carbocycles. The number of hydrogen-bond acceptors (Lipinski definition) is 7. The molecule has 1 aliphatic rings. The number of rotatable bonds is 5. The Balaban J connectivity index is 1.61. The SMILES string of the molecule is CC(Oc1cc(-c2cnn(C3CNCC3(O)O)c2)cnc1N)c1c(Cl)ccc(F)c1Cl. The molecule has 4 rings (SSSR count). The Labute approximate surface area is 187 Å². The van der Waals surface area contributed by atoms with Crippen molar-refractivity contribution in [2.45, 2.75) is 24.9 Å². The first-order chi connectivity index (χ1) is 14.7. The van der Waals surface area contributed by atoms with Crippen LogP contribution in [0.15, 0.2) is 36.8 Å². The summed E-state index contributed by atoms with van der Waals surface area (Å²) in [4.78, 5) is 4.16. The normalized spacial score (nSPS) is 18.8. The Kier molecular flexibility index (Phi) is 5.80. The van der Waals surface area contributed by atoms with Crippen LogP contribution in [0.1, 0.15) is 24.6 Å². The van der Waals surface area contributed by atoms with Crippen molar-refractivity contribution in [3.63, 3.8) is 0 Å². The predicted octanol–water partition coefficient (Wildman–Crippen LogP) is 2.94. The van der Waals surface area contributed by atoms with E-state index in [-0.39, 0.29) is 28.2 Å². The van der Waals surface area contributed by atoms with E-state index in [9.17, 15) is 14.6 Å². The lowest BCUT2D eigenvalue weighted by Gasteiger charge is -2.22. The van der Waals surface area contributed by atoms with Crippen molar-refractivity contribution < 1.29 is 19.3 Å². The number of anilines is 1. The maximum absolute atomic E-state index is 13.9. The number of nitrogens with one attached hydrogen (secondary N) is 1. The molecule has 0 bridgehead atoms. The average molecular weight is 468 g/mol. The second-order valence-corrected chi connectivity index (χ2v) is 8.14. The number of nitrogens with two attached hydrogens (primary N) is 1. The minimum absolute atomic E-state index is 0.0529. The zero-order valence-electron chi connectivity index (χ0n) is 16.4. The lowest BCUT2D eigenvalue weighted by Crippen LogP contribution is -2.38.